The minimum Gasteiger partial charge on any atom is -0.462 e. The van der Waals surface area contributed by atoms with Crippen molar-refractivity contribution in [1.82, 2.24) is 0 Å². The van der Waals surface area contributed by atoms with E-state index in [0.717, 1.165) is 64.2 Å². The molecule has 0 spiro atoms. The van der Waals surface area contributed by atoms with Crippen LogP contribution in [-0.4, -0.2) is 37.2 Å². The van der Waals surface area contributed by atoms with E-state index >= 15 is 0 Å². The summed E-state index contributed by atoms with van der Waals surface area (Å²) < 4.78 is 16.9. The molecule has 0 radical (unpaired) electrons. The van der Waals surface area contributed by atoms with Crippen LogP contribution in [0.4, 0.5) is 0 Å². The van der Waals surface area contributed by atoms with Crippen LogP contribution < -0.4 is 0 Å². The topological polar surface area (TPSA) is 78.9 Å². The van der Waals surface area contributed by atoms with Gasteiger partial charge < -0.3 is 14.2 Å². The molecule has 0 aromatic rings. The van der Waals surface area contributed by atoms with Crippen LogP contribution in [0.1, 0.15) is 342 Å². The number of hydrogen-bond acceptors (Lipinski definition) is 6. The third-order valence-electron chi connectivity index (χ3n) is 13.9. The largest absolute Gasteiger partial charge is 0.462 e. The molecule has 0 aliphatic carbocycles. The Bertz CT molecular complexity index is 1110. The molecule has 406 valence electrons. The smallest absolute Gasteiger partial charge is 0.306 e. The molecule has 69 heavy (non-hydrogen) atoms. The Labute approximate surface area is 430 Å². The van der Waals surface area contributed by atoms with Crippen molar-refractivity contribution >= 4 is 17.9 Å². The Kier molecular flexibility index (Phi) is 56.7. The van der Waals surface area contributed by atoms with E-state index in [0.29, 0.717) is 19.3 Å². The van der Waals surface area contributed by atoms with Gasteiger partial charge in [0.15, 0.2) is 6.10 Å². The quantitative estimate of drug-likeness (QED) is 0.0261. The molecule has 0 heterocycles. The number of rotatable bonds is 57. The highest BCUT2D eigenvalue weighted by Gasteiger charge is 2.19. The van der Waals surface area contributed by atoms with Gasteiger partial charge in [-0.05, 0) is 70.6 Å². The van der Waals surface area contributed by atoms with Gasteiger partial charge in [0, 0.05) is 19.3 Å². The molecule has 6 nitrogen and oxygen atoms in total. The third kappa shape index (κ3) is 56.7. The molecule has 0 N–H and O–H groups in total. The lowest BCUT2D eigenvalue weighted by Gasteiger charge is -2.18. The van der Waals surface area contributed by atoms with Crippen molar-refractivity contribution in [1.29, 1.82) is 0 Å². The summed E-state index contributed by atoms with van der Waals surface area (Å²) in [6.07, 6.45) is 69.0. The second kappa shape index (κ2) is 58.5. The number of carbonyl (C=O) groups excluding carboxylic acids is 3. The van der Waals surface area contributed by atoms with Gasteiger partial charge in [0.2, 0.25) is 0 Å². The Balaban J connectivity index is 4.24. The van der Waals surface area contributed by atoms with Gasteiger partial charge in [-0.3, -0.25) is 14.4 Å². The average Bonchev–Trinajstić information content (AvgIpc) is 3.35. The highest BCUT2D eigenvalue weighted by molar-refractivity contribution is 5.71. The summed E-state index contributed by atoms with van der Waals surface area (Å²) in [7, 11) is 0. The van der Waals surface area contributed by atoms with Crippen LogP contribution in [0.3, 0.4) is 0 Å². The van der Waals surface area contributed by atoms with Gasteiger partial charge in [-0.2, -0.15) is 0 Å². The van der Waals surface area contributed by atoms with E-state index in [1.807, 2.05) is 0 Å². The first-order valence-corrected chi connectivity index (χ1v) is 30.8. The predicted molar refractivity (Wildman–Crippen MR) is 298 cm³/mol. The molecule has 1 atom stereocenters. The van der Waals surface area contributed by atoms with Crippen LogP contribution in [0.2, 0.25) is 0 Å². The van der Waals surface area contributed by atoms with Crippen LogP contribution in [0, 0.1) is 0 Å². The molecular formula is C63H118O6. The van der Waals surface area contributed by atoms with Gasteiger partial charge in [-0.25, -0.2) is 0 Å². The van der Waals surface area contributed by atoms with E-state index in [1.54, 1.807) is 0 Å². The Morgan fingerprint density at radius 1 is 0.275 bits per heavy atom. The number of unbranched alkanes of at least 4 members (excludes halogenated alkanes) is 42. The summed E-state index contributed by atoms with van der Waals surface area (Å²) in [5.41, 5.74) is 0. The van der Waals surface area contributed by atoms with E-state index in [9.17, 15) is 14.4 Å². The fourth-order valence-electron chi connectivity index (χ4n) is 9.26. The summed E-state index contributed by atoms with van der Waals surface area (Å²) in [5, 5.41) is 0. The van der Waals surface area contributed by atoms with E-state index in [1.165, 1.54) is 238 Å². The predicted octanol–water partition coefficient (Wildman–Crippen LogP) is 20.7. The molecule has 0 aromatic carbocycles. The lowest BCUT2D eigenvalue weighted by molar-refractivity contribution is -0.167. The fourth-order valence-corrected chi connectivity index (χ4v) is 9.26. The number of ether oxygens (including phenoxy) is 3. The minimum absolute atomic E-state index is 0.0695. The Morgan fingerprint density at radius 2 is 0.478 bits per heavy atom. The van der Waals surface area contributed by atoms with Crippen molar-refractivity contribution < 1.29 is 28.6 Å². The van der Waals surface area contributed by atoms with E-state index < -0.39 is 6.10 Å². The zero-order valence-corrected chi connectivity index (χ0v) is 46.6. The summed E-state index contributed by atoms with van der Waals surface area (Å²) in [6.45, 7) is 6.66. The van der Waals surface area contributed by atoms with Crippen LogP contribution >= 0.6 is 0 Å². The number of hydrogen-bond donors (Lipinski definition) is 0. The number of allylic oxidation sites excluding steroid dienone is 4. The maximum atomic E-state index is 12.9. The summed E-state index contributed by atoms with van der Waals surface area (Å²) in [5.74, 6) is -0.857. The summed E-state index contributed by atoms with van der Waals surface area (Å²) in [4.78, 5) is 38.2. The first-order chi connectivity index (χ1) is 34.0. The van der Waals surface area contributed by atoms with E-state index in [4.69, 9.17) is 14.2 Å². The van der Waals surface area contributed by atoms with Gasteiger partial charge in [0.25, 0.3) is 0 Å². The van der Waals surface area contributed by atoms with Crippen molar-refractivity contribution in [3.05, 3.63) is 24.3 Å². The van der Waals surface area contributed by atoms with Crippen LogP contribution in [0.25, 0.3) is 0 Å². The Hall–Kier alpha value is -2.11. The second-order valence-corrected chi connectivity index (χ2v) is 21.0. The first kappa shape index (κ1) is 66.9. The number of esters is 3. The highest BCUT2D eigenvalue weighted by Crippen LogP contribution is 2.17. The maximum Gasteiger partial charge on any atom is 0.306 e. The maximum absolute atomic E-state index is 12.9. The Morgan fingerprint density at radius 3 is 0.754 bits per heavy atom. The van der Waals surface area contributed by atoms with Gasteiger partial charge in [-0.15, -0.1) is 0 Å². The molecule has 0 rings (SSSR count). The first-order valence-electron chi connectivity index (χ1n) is 30.8. The average molecular weight is 972 g/mol. The normalized spacial score (nSPS) is 12.1. The van der Waals surface area contributed by atoms with Gasteiger partial charge in [0.05, 0.1) is 0 Å². The van der Waals surface area contributed by atoms with Crippen molar-refractivity contribution in [2.24, 2.45) is 0 Å². The van der Waals surface area contributed by atoms with Crippen LogP contribution in [-0.2, 0) is 28.6 Å². The van der Waals surface area contributed by atoms with Crippen molar-refractivity contribution in [3.63, 3.8) is 0 Å². The lowest BCUT2D eigenvalue weighted by atomic mass is 10.0. The summed E-state index contributed by atoms with van der Waals surface area (Å²) >= 11 is 0. The van der Waals surface area contributed by atoms with Gasteiger partial charge in [0.1, 0.15) is 13.2 Å². The van der Waals surface area contributed by atoms with Crippen LogP contribution in [0.15, 0.2) is 24.3 Å². The molecule has 0 fully saturated rings. The zero-order valence-electron chi connectivity index (χ0n) is 46.6. The standard InChI is InChI=1S/C63H118O6/c1-4-7-10-13-16-19-22-25-27-29-30-31-32-33-34-35-37-38-41-44-47-50-53-56-62(65)68-59-60(58-67-61(64)55-52-49-46-43-40-24-21-18-15-12-9-6-3)69-63(66)57-54-51-48-45-42-39-36-28-26-23-20-17-14-11-8-5-2/h18,21,29-30,60H,4-17,19-20,22-28,31-59H2,1-3H3/b21-18-,30-29-. The van der Waals surface area contributed by atoms with Crippen molar-refractivity contribution in [2.75, 3.05) is 13.2 Å². The van der Waals surface area contributed by atoms with Gasteiger partial charge >= 0.3 is 17.9 Å². The fraction of sp³-hybridized carbons (Fsp3) is 0.889. The van der Waals surface area contributed by atoms with Crippen molar-refractivity contribution in [2.45, 2.75) is 348 Å². The minimum atomic E-state index is -0.771. The SMILES string of the molecule is CCCCC/C=C\CCCCCCCC(=O)OCC(COC(=O)CCCCCCCCCCCCC/C=C\CCCCCCCCCC)OC(=O)CCCCCCCCCCCCCCCCCC. The molecule has 0 aliphatic rings. The molecule has 1 unspecified atom stereocenters. The molecule has 0 saturated heterocycles. The zero-order chi connectivity index (χ0) is 50.0. The van der Waals surface area contributed by atoms with E-state index in [2.05, 4.69) is 45.1 Å². The van der Waals surface area contributed by atoms with Crippen molar-refractivity contribution in [3.8, 4) is 0 Å². The monoisotopic (exact) mass is 971 g/mol. The molecule has 0 amide bonds. The number of carbonyl (C=O) groups is 3. The van der Waals surface area contributed by atoms with E-state index in [-0.39, 0.29) is 31.1 Å². The van der Waals surface area contributed by atoms with Crippen LogP contribution in [0.5, 0.6) is 0 Å². The molecule has 0 bridgehead atoms. The second-order valence-electron chi connectivity index (χ2n) is 21.0. The lowest BCUT2D eigenvalue weighted by Crippen LogP contribution is -2.30. The summed E-state index contributed by atoms with van der Waals surface area (Å²) in [6, 6.07) is 0. The highest BCUT2D eigenvalue weighted by atomic mass is 16.6. The molecule has 0 aliphatic heterocycles. The molecule has 0 aromatic heterocycles. The molecule has 6 heteroatoms. The third-order valence-corrected chi connectivity index (χ3v) is 13.9. The van der Waals surface area contributed by atoms with Gasteiger partial charge in [-0.1, -0.05) is 276 Å². The molecule has 0 saturated carbocycles. The molecular weight excluding hydrogens is 853 g/mol.